The third-order valence-corrected chi connectivity index (χ3v) is 5.56. The summed E-state index contributed by atoms with van der Waals surface area (Å²) in [5.41, 5.74) is 1.50. The van der Waals surface area contributed by atoms with Crippen molar-refractivity contribution in [2.24, 2.45) is 0 Å². The number of rotatable bonds is 7. The van der Waals surface area contributed by atoms with Crippen LogP contribution in [0, 0.1) is 0 Å². The van der Waals surface area contributed by atoms with Gasteiger partial charge in [-0.2, -0.15) is 0 Å². The van der Waals surface area contributed by atoms with E-state index >= 15 is 0 Å². The zero-order chi connectivity index (χ0) is 22.5. The van der Waals surface area contributed by atoms with Crippen LogP contribution < -0.4 is 9.47 Å². The van der Waals surface area contributed by atoms with Gasteiger partial charge in [0.05, 0.1) is 7.11 Å². The molecule has 2 amide bonds. The Bertz CT molecular complexity index is 1010. The molecule has 0 bridgehead atoms. The van der Waals surface area contributed by atoms with Crippen LogP contribution in [0.1, 0.15) is 25.0 Å². The highest BCUT2D eigenvalue weighted by molar-refractivity contribution is 7.80. The predicted octanol–water partition coefficient (Wildman–Crippen LogP) is 4.31. The minimum absolute atomic E-state index is 0.0295. The number of carbonyl (C=O) groups is 2. The first-order chi connectivity index (χ1) is 14.9. The Balaban J connectivity index is 2.00. The van der Waals surface area contributed by atoms with Crippen LogP contribution in [0.15, 0.2) is 48.0 Å². The Morgan fingerprint density at radius 3 is 2.16 bits per heavy atom. The first kappa shape index (κ1) is 22.8. The molecular formula is C23H23ClN2O4S. The summed E-state index contributed by atoms with van der Waals surface area (Å²) in [5, 5.41) is 0.863. The van der Waals surface area contributed by atoms with Crippen LogP contribution in [0.4, 0.5) is 0 Å². The van der Waals surface area contributed by atoms with Crippen molar-refractivity contribution in [3.8, 4) is 11.5 Å². The molecule has 8 heteroatoms. The Hall–Kier alpha value is -2.90. The normalized spacial score (nSPS) is 14.2. The fraction of sp³-hybridized carbons (Fsp3) is 0.261. The predicted molar refractivity (Wildman–Crippen MR) is 124 cm³/mol. The first-order valence-corrected chi connectivity index (χ1v) is 10.6. The van der Waals surface area contributed by atoms with Crippen LogP contribution in [0.5, 0.6) is 11.5 Å². The van der Waals surface area contributed by atoms with Gasteiger partial charge in [-0.1, -0.05) is 35.9 Å². The number of benzene rings is 2. The molecule has 1 aliphatic rings. The van der Waals surface area contributed by atoms with Crippen LogP contribution in [0.25, 0.3) is 6.08 Å². The van der Waals surface area contributed by atoms with Crippen LogP contribution in [-0.2, 0) is 16.2 Å². The average molecular weight is 459 g/mol. The number of thiocarbonyl (C=S) groups is 1. The summed E-state index contributed by atoms with van der Waals surface area (Å²) < 4.78 is 11.5. The van der Waals surface area contributed by atoms with Crippen molar-refractivity contribution in [1.82, 2.24) is 9.80 Å². The fourth-order valence-corrected chi connectivity index (χ4v) is 3.79. The molecule has 0 aliphatic carbocycles. The van der Waals surface area contributed by atoms with E-state index in [2.05, 4.69) is 0 Å². The van der Waals surface area contributed by atoms with Gasteiger partial charge in [-0.3, -0.25) is 19.4 Å². The summed E-state index contributed by atoms with van der Waals surface area (Å²) >= 11 is 11.3. The standard InChI is InChI=1S/C23H23ClN2O4S/c1-4-25-21(27)18(22(28)26(5-2)23(25)31)13-16-7-6-8-19(29-3)20(16)30-14-15-9-11-17(24)12-10-15/h6-13H,4-5,14H2,1-3H3. The van der Waals surface area contributed by atoms with E-state index in [4.69, 9.17) is 33.3 Å². The highest BCUT2D eigenvalue weighted by Crippen LogP contribution is 2.34. The van der Waals surface area contributed by atoms with Gasteiger partial charge in [-0.25, -0.2) is 0 Å². The van der Waals surface area contributed by atoms with E-state index < -0.39 is 11.8 Å². The van der Waals surface area contributed by atoms with Crippen molar-refractivity contribution < 1.29 is 19.1 Å². The summed E-state index contributed by atoms with van der Waals surface area (Å²) in [6, 6.07) is 12.6. The molecule has 162 valence electrons. The van der Waals surface area contributed by atoms with Crippen LogP contribution in [0.2, 0.25) is 5.02 Å². The number of nitrogens with zero attached hydrogens (tertiary/aromatic N) is 2. The van der Waals surface area contributed by atoms with Gasteiger partial charge in [-0.05, 0) is 55.9 Å². The van der Waals surface area contributed by atoms with E-state index in [0.29, 0.717) is 35.2 Å². The molecule has 1 fully saturated rings. The molecule has 2 aromatic carbocycles. The summed E-state index contributed by atoms with van der Waals surface area (Å²) in [6.45, 7) is 4.64. The fourth-order valence-electron chi connectivity index (χ4n) is 3.24. The van der Waals surface area contributed by atoms with Gasteiger partial charge in [0.25, 0.3) is 11.8 Å². The molecule has 1 heterocycles. The average Bonchev–Trinajstić information content (AvgIpc) is 2.77. The number of ether oxygens (including phenoxy) is 2. The maximum Gasteiger partial charge on any atom is 0.265 e. The van der Waals surface area contributed by atoms with Crippen LogP contribution >= 0.6 is 23.8 Å². The van der Waals surface area contributed by atoms with Gasteiger partial charge in [0.2, 0.25) is 0 Å². The van der Waals surface area contributed by atoms with E-state index in [1.807, 2.05) is 26.0 Å². The number of likely N-dealkylation sites (N-methyl/N-ethyl adjacent to an activating group) is 2. The van der Waals surface area contributed by atoms with Crippen molar-refractivity contribution in [3.05, 3.63) is 64.2 Å². The SMILES string of the molecule is CCN1C(=O)C(=Cc2cccc(OC)c2OCc2ccc(Cl)cc2)C(=O)N(CC)C1=S. The zero-order valence-corrected chi connectivity index (χ0v) is 19.1. The molecule has 0 radical (unpaired) electrons. The molecule has 0 aromatic heterocycles. The number of hydrogen-bond donors (Lipinski definition) is 0. The quantitative estimate of drug-likeness (QED) is 0.351. The molecular weight excluding hydrogens is 436 g/mol. The maximum absolute atomic E-state index is 13.0. The van der Waals surface area contributed by atoms with Crippen molar-refractivity contribution in [2.45, 2.75) is 20.5 Å². The molecule has 1 saturated heterocycles. The number of carbonyl (C=O) groups excluding carboxylic acids is 2. The molecule has 1 aliphatic heterocycles. The summed E-state index contributed by atoms with van der Waals surface area (Å²) in [7, 11) is 1.54. The van der Waals surface area contributed by atoms with Crippen molar-refractivity contribution >= 4 is 46.8 Å². The molecule has 2 aromatic rings. The highest BCUT2D eigenvalue weighted by atomic mass is 35.5. The molecule has 0 spiro atoms. The topological polar surface area (TPSA) is 59.1 Å². The van der Waals surface area contributed by atoms with Gasteiger partial charge >= 0.3 is 0 Å². The Kier molecular flexibility index (Phi) is 7.30. The van der Waals surface area contributed by atoms with Crippen molar-refractivity contribution in [2.75, 3.05) is 20.2 Å². The lowest BCUT2D eigenvalue weighted by molar-refractivity contribution is -0.133. The van der Waals surface area contributed by atoms with E-state index in [1.54, 1.807) is 30.3 Å². The van der Waals surface area contributed by atoms with Crippen molar-refractivity contribution in [3.63, 3.8) is 0 Å². The lowest BCUT2D eigenvalue weighted by Crippen LogP contribution is -2.55. The molecule has 0 atom stereocenters. The molecule has 0 unspecified atom stereocenters. The minimum atomic E-state index is -0.423. The Labute approximate surface area is 192 Å². The molecule has 31 heavy (non-hydrogen) atoms. The number of halogens is 1. The van der Waals surface area contributed by atoms with Crippen LogP contribution in [-0.4, -0.2) is 46.9 Å². The third-order valence-electron chi connectivity index (χ3n) is 4.87. The van der Waals surface area contributed by atoms with Gasteiger partial charge < -0.3 is 9.47 Å². The highest BCUT2D eigenvalue weighted by Gasteiger charge is 2.38. The Morgan fingerprint density at radius 1 is 1.00 bits per heavy atom. The van der Waals surface area contributed by atoms with Crippen molar-refractivity contribution in [1.29, 1.82) is 0 Å². The summed E-state index contributed by atoms with van der Waals surface area (Å²) in [6.07, 6.45) is 1.54. The van der Waals surface area contributed by atoms with E-state index in [0.717, 1.165) is 5.56 Å². The van der Waals surface area contributed by atoms with Gasteiger partial charge in [0.1, 0.15) is 12.2 Å². The molecule has 0 saturated carbocycles. The number of amides is 2. The zero-order valence-electron chi connectivity index (χ0n) is 17.6. The third kappa shape index (κ3) is 4.73. The van der Waals surface area contributed by atoms with Gasteiger partial charge in [0.15, 0.2) is 16.6 Å². The molecule has 3 rings (SSSR count). The first-order valence-electron chi connectivity index (χ1n) is 9.84. The Morgan fingerprint density at radius 2 is 1.61 bits per heavy atom. The maximum atomic E-state index is 13.0. The second-order valence-electron chi connectivity index (χ2n) is 6.73. The molecule has 6 nitrogen and oxygen atoms in total. The lowest BCUT2D eigenvalue weighted by Gasteiger charge is -2.35. The van der Waals surface area contributed by atoms with Gasteiger partial charge in [-0.15, -0.1) is 0 Å². The second kappa shape index (κ2) is 9.94. The lowest BCUT2D eigenvalue weighted by atomic mass is 10.1. The van der Waals surface area contributed by atoms with E-state index in [-0.39, 0.29) is 17.3 Å². The number of hydrogen-bond acceptors (Lipinski definition) is 5. The summed E-state index contributed by atoms with van der Waals surface area (Å²) in [4.78, 5) is 28.8. The number of methoxy groups -OCH3 is 1. The molecule has 0 N–H and O–H groups in total. The minimum Gasteiger partial charge on any atom is -0.493 e. The smallest absolute Gasteiger partial charge is 0.265 e. The largest absolute Gasteiger partial charge is 0.493 e. The van der Waals surface area contributed by atoms with Crippen LogP contribution in [0.3, 0.4) is 0 Å². The van der Waals surface area contributed by atoms with E-state index in [9.17, 15) is 9.59 Å². The summed E-state index contributed by atoms with van der Waals surface area (Å²) in [5.74, 6) is 0.0869. The second-order valence-corrected chi connectivity index (χ2v) is 7.53. The number of para-hydroxylation sites is 1. The van der Waals surface area contributed by atoms with E-state index in [1.165, 1.54) is 23.0 Å². The monoisotopic (exact) mass is 458 g/mol. The van der Waals surface area contributed by atoms with Gasteiger partial charge in [0, 0.05) is 23.7 Å².